The molecule has 0 bridgehead atoms. The zero-order valence-electron chi connectivity index (χ0n) is 12.5. The fraction of sp³-hybridized carbons (Fsp3) is 0.647. The van der Waals surface area contributed by atoms with Crippen LogP contribution in [0.1, 0.15) is 50.6 Å². The predicted octanol–water partition coefficient (Wildman–Crippen LogP) is 4.48. The molecule has 116 valence electrons. The maximum Gasteiger partial charge on any atom is 0.124 e. The Morgan fingerprint density at radius 1 is 1.48 bits per heavy atom. The van der Waals surface area contributed by atoms with Gasteiger partial charge in [-0.15, -0.1) is 0 Å². The quantitative estimate of drug-likeness (QED) is 0.885. The van der Waals surface area contributed by atoms with Crippen molar-refractivity contribution in [3.8, 4) is 0 Å². The van der Waals surface area contributed by atoms with E-state index in [0.29, 0.717) is 10.9 Å². The molecule has 0 radical (unpaired) electrons. The molecule has 0 amide bonds. The second-order valence-corrected chi connectivity index (χ2v) is 6.75. The average molecular weight is 312 g/mol. The Bertz CT molecular complexity index is 504. The molecule has 21 heavy (non-hydrogen) atoms. The van der Waals surface area contributed by atoms with Gasteiger partial charge in [0.1, 0.15) is 5.82 Å². The Kier molecular flexibility index (Phi) is 4.53. The first kappa shape index (κ1) is 15.3. The van der Waals surface area contributed by atoms with Gasteiger partial charge in [0.05, 0.1) is 5.60 Å². The van der Waals surface area contributed by atoms with E-state index in [0.717, 1.165) is 31.6 Å². The standard InChI is InChI=1S/C17H23ClFNO/c1-2-20-16(14-5-4-13(19)10-15(14)18)12-6-9-21-17(11-12)7-3-8-17/h4-5,10,12,16,20H,2-3,6-9,11H2,1H3. The molecule has 1 N–H and O–H groups in total. The fourth-order valence-electron chi connectivity index (χ4n) is 3.77. The highest BCUT2D eigenvalue weighted by Gasteiger charge is 2.44. The highest BCUT2D eigenvalue weighted by atomic mass is 35.5. The Morgan fingerprint density at radius 3 is 2.90 bits per heavy atom. The molecule has 1 aliphatic heterocycles. The second-order valence-electron chi connectivity index (χ2n) is 6.34. The number of rotatable bonds is 4. The number of nitrogens with one attached hydrogen (secondary N) is 1. The molecular weight excluding hydrogens is 289 g/mol. The van der Waals surface area contributed by atoms with Crippen molar-refractivity contribution in [3.63, 3.8) is 0 Å². The summed E-state index contributed by atoms with van der Waals surface area (Å²) in [6, 6.07) is 4.93. The maximum absolute atomic E-state index is 13.3. The minimum Gasteiger partial charge on any atom is -0.375 e. The molecule has 1 spiro atoms. The lowest BCUT2D eigenvalue weighted by molar-refractivity contribution is -0.147. The van der Waals surface area contributed by atoms with E-state index in [1.807, 2.05) is 6.07 Å². The molecule has 2 nitrogen and oxygen atoms in total. The summed E-state index contributed by atoms with van der Waals surface area (Å²) in [6.45, 7) is 3.80. The summed E-state index contributed by atoms with van der Waals surface area (Å²) in [5.74, 6) is 0.225. The van der Waals surface area contributed by atoms with Gasteiger partial charge >= 0.3 is 0 Å². The van der Waals surface area contributed by atoms with Gasteiger partial charge < -0.3 is 10.1 Å². The Morgan fingerprint density at radius 2 is 2.29 bits per heavy atom. The van der Waals surface area contributed by atoms with Gasteiger partial charge in [0, 0.05) is 17.7 Å². The van der Waals surface area contributed by atoms with Crippen LogP contribution in [0.25, 0.3) is 0 Å². The zero-order chi connectivity index (χ0) is 14.9. The van der Waals surface area contributed by atoms with Gasteiger partial charge in [-0.3, -0.25) is 0 Å². The van der Waals surface area contributed by atoms with Crippen molar-refractivity contribution in [2.75, 3.05) is 13.2 Å². The van der Waals surface area contributed by atoms with Gasteiger partial charge in [0.2, 0.25) is 0 Å². The van der Waals surface area contributed by atoms with E-state index in [4.69, 9.17) is 16.3 Å². The third-order valence-corrected chi connectivity index (χ3v) is 5.32. The van der Waals surface area contributed by atoms with E-state index >= 15 is 0 Å². The zero-order valence-corrected chi connectivity index (χ0v) is 13.3. The minimum absolute atomic E-state index is 0.114. The molecule has 1 saturated heterocycles. The Labute approximate surface area is 131 Å². The number of halogens is 2. The molecule has 2 atom stereocenters. The topological polar surface area (TPSA) is 21.3 Å². The highest BCUT2D eigenvalue weighted by molar-refractivity contribution is 6.31. The third-order valence-electron chi connectivity index (χ3n) is 4.99. The van der Waals surface area contributed by atoms with E-state index in [-0.39, 0.29) is 17.5 Å². The van der Waals surface area contributed by atoms with Crippen molar-refractivity contribution >= 4 is 11.6 Å². The van der Waals surface area contributed by atoms with Crippen molar-refractivity contribution in [2.24, 2.45) is 5.92 Å². The number of hydrogen-bond donors (Lipinski definition) is 1. The first-order chi connectivity index (χ1) is 10.1. The van der Waals surface area contributed by atoms with Crippen LogP contribution >= 0.6 is 11.6 Å². The lowest BCUT2D eigenvalue weighted by Gasteiger charge is -2.49. The van der Waals surface area contributed by atoms with Crippen LogP contribution in [-0.2, 0) is 4.74 Å². The molecule has 1 aliphatic carbocycles. The first-order valence-electron chi connectivity index (χ1n) is 7.96. The molecule has 1 aromatic rings. The minimum atomic E-state index is -0.276. The largest absolute Gasteiger partial charge is 0.375 e. The van der Waals surface area contributed by atoms with E-state index in [1.54, 1.807) is 0 Å². The summed E-state index contributed by atoms with van der Waals surface area (Å²) in [5.41, 5.74) is 1.13. The molecule has 2 unspecified atom stereocenters. The molecule has 2 aliphatic rings. The lowest BCUT2D eigenvalue weighted by atomic mass is 9.69. The fourth-order valence-corrected chi connectivity index (χ4v) is 4.06. The highest BCUT2D eigenvalue weighted by Crippen LogP contribution is 2.47. The maximum atomic E-state index is 13.3. The van der Waals surface area contributed by atoms with Gasteiger partial charge in [-0.25, -0.2) is 4.39 Å². The second kappa shape index (κ2) is 6.23. The van der Waals surface area contributed by atoms with E-state index in [9.17, 15) is 4.39 Å². The van der Waals surface area contributed by atoms with Crippen LogP contribution in [0.3, 0.4) is 0 Å². The molecular formula is C17H23ClFNO. The van der Waals surface area contributed by atoms with Crippen LogP contribution in [0.15, 0.2) is 18.2 Å². The van der Waals surface area contributed by atoms with E-state index in [2.05, 4.69) is 12.2 Å². The van der Waals surface area contributed by atoms with Crippen molar-refractivity contribution in [3.05, 3.63) is 34.6 Å². The summed E-state index contributed by atoms with van der Waals surface area (Å²) < 4.78 is 19.3. The van der Waals surface area contributed by atoms with Gasteiger partial charge in [-0.1, -0.05) is 24.6 Å². The van der Waals surface area contributed by atoms with Crippen LogP contribution < -0.4 is 5.32 Å². The summed E-state index contributed by atoms with van der Waals surface area (Å²) in [6.07, 6.45) is 5.75. The summed E-state index contributed by atoms with van der Waals surface area (Å²) >= 11 is 6.29. The van der Waals surface area contributed by atoms with Crippen molar-refractivity contribution < 1.29 is 9.13 Å². The van der Waals surface area contributed by atoms with Crippen LogP contribution in [-0.4, -0.2) is 18.8 Å². The molecule has 0 aromatic heterocycles. The molecule has 3 rings (SSSR count). The van der Waals surface area contributed by atoms with E-state index in [1.165, 1.54) is 31.4 Å². The third kappa shape index (κ3) is 3.10. The van der Waals surface area contributed by atoms with Gasteiger partial charge in [0.15, 0.2) is 0 Å². The molecule has 1 saturated carbocycles. The van der Waals surface area contributed by atoms with Crippen molar-refractivity contribution in [1.82, 2.24) is 5.32 Å². The normalized spacial score (nSPS) is 25.6. The van der Waals surface area contributed by atoms with Crippen LogP contribution in [0.4, 0.5) is 4.39 Å². The molecule has 4 heteroatoms. The molecule has 1 aromatic carbocycles. The smallest absolute Gasteiger partial charge is 0.124 e. The number of benzene rings is 1. The summed E-state index contributed by atoms with van der Waals surface area (Å²) in [5, 5.41) is 4.08. The Balaban J connectivity index is 1.83. The van der Waals surface area contributed by atoms with Gasteiger partial charge in [0.25, 0.3) is 0 Å². The molecule has 1 heterocycles. The van der Waals surface area contributed by atoms with Gasteiger partial charge in [-0.2, -0.15) is 0 Å². The summed E-state index contributed by atoms with van der Waals surface area (Å²) in [4.78, 5) is 0. The number of hydrogen-bond acceptors (Lipinski definition) is 2. The SMILES string of the molecule is CCNC(c1ccc(F)cc1Cl)C1CCOC2(CCC2)C1. The average Bonchev–Trinajstić information content (AvgIpc) is 2.44. The number of ether oxygens (including phenoxy) is 1. The van der Waals surface area contributed by atoms with Crippen LogP contribution in [0, 0.1) is 11.7 Å². The van der Waals surface area contributed by atoms with Crippen molar-refractivity contribution in [1.29, 1.82) is 0 Å². The van der Waals surface area contributed by atoms with Crippen LogP contribution in [0.2, 0.25) is 5.02 Å². The monoisotopic (exact) mass is 311 g/mol. The lowest BCUT2D eigenvalue weighted by Crippen LogP contribution is -2.48. The predicted molar refractivity (Wildman–Crippen MR) is 83.1 cm³/mol. The van der Waals surface area contributed by atoms with E-state index < -0.39 is 0 Å². The summed E-state index contributed by atoms with van der Waals surface area (Å²) in [7, 11) is 0. The van der Waals surface area contributed by atoms with Gasteiger partial charge in [-0.05, 0) is 62.3 Å². The Hall–Kier alpha value is -0.640. The molecule has 2 fully saturated rings. The van der Waals surface area contributed by atoms with Crippen molar-refractivity contribution in [2.45, 2.75) is 50.7 Å². The first-order valence-corrected chi connectivity index (χ1v) is 8.34. The van der Waals surface area contributed by atoms with Crippen LogP contribution in [0.5, 0.6) is 0 Å².